The van der Waals surface area contributed by atoms with Crippen LogP contribution in [0.5, 0.6) is 0 Å². The van der Waals surface area contributed by atoms with Crippen molar-refractivity contribution in [3.63, 3.8) is 0 Å². The van der Waals surface area contributed by atoms with Crippen LogP contribution in [0.4, 0.5) is 5.69 Å². The lowest BCUT2D eigenvalue weighted by Crippen LogP contribution is -2.25. The molecule has 1 aliphatic carbocycles. The number of primary sulfonamides is 1. The maximum Gasteiger partial charge on any atom is 0.251 e. The lowest BCUT2D eigenvalue weighted by molar-refractivity contribution is 0.0951. The summed E-state index contributed by atoms with van der Waals surface area (Å²) in [6.07, 6.45) is 1.99. The molecule has 3 aromatic carbocycles. The van der Waals surface area contributed by atoms with Crippen LogP contribution < -0.4 is 16.2 Å². The summed E-state index contributed by atoms with van der Waals surface area (Å²) in [5.41, 5.74) is 10.5. The van der Waals surface area contributed by atoms with Gasteiger partial charge in [-0.05, 0) is 72.0 Å². The molecule has 1 aliphatic rings. The molecular weight excluding hydrogens is 466 g/mol. The highest BCUT2D eigenvalue weighted by atomic mass is 79.9. The number of benzene rings is 3. The lowest BCUT2D eigenvalue weighted by Gasteiger charge is -2.13. The molecule has 30 heavy (non-hydrogen) atoms. The van der Waals surface area contributed by atoms with E-state index in [1.54, 1.807) is 18.2 Å². The summed E-state index contributed by atoms with van der Waals surface area (Å²) in [7, 11) is -3.78. The molecule has 0 saturated heterocycles. The first-order valence-corrected chi connectivity index (χ1v) is 11.7. The van der Waals surface area contributed by atoms with E-state index in [1.807, 2.05) is 30.3 Å². The Labute approximate surface area is 183 Å². The summed E-state index contributed by atoms with van der Waals surface area (Å²) < 4.78 is 24.0. The molecule has 5 N–H and O–H groups in total. The average molecular weight is 486 g/mol. The van der Waals surface area contributed by atoms with Crippen molar-refractivity contribution in [1.82, 2.24) is 5.32 Å². The van der Waals surface area contributed by atoms with Crippen molar-refractivity contribution in [2.24, 2.45) is 5.14 Å². The van der Waals surface area contributed by atoms with Crippen LogP contribution in [0.2, 0.25) is 0 Å². The molecule has 0 heterocycles. The number of rotatable bonds is 5. The number of nitrogens with one attached hydrogen (secondary N) is 1. The highest BCUT2D eigenvalue weighted by molar-refractivity contribution is 9.10. The van der Waals surface area contributed by atoms with E-state index < -0.39 is 10.0 Å². The standard InChI is InChI=1S/C22H20BrN3O3S/c23-17-3-8-20(21(24)12-17)15-9-14(10-16(11-15)22(27)26-18-4-5-18)13-1-6-19(7-2-13)30(25,28)29/h1-3,6-12,18H,4-5,24H2,(H,26,27)(H2,25,28,29). The maximum absolute atomic E-state index is 12.7. The third-order valence-electron chi connectivity index (χ3n) is 4.95. The van der Waals surface area contributed by atoms with Crippen LogP contribution in [0.3, 0.4) is 0 Å². The van der Waals surface area contributed by atoms with Gasteiger partial charge in [-0.2, -0.15) is 0 Å². The second-order valence-electron chi connectivity index (χ2n) is 7.35. The van der Waals surface area contributed by atoms with Gasteiger partial charge in [0.2, 0.25) is 10.0 Å². The van der Waals surface area contributed by atoms with Gasteiger partial charge >= 0.3 is 0 Å². The third kappa shape index (κ3) is 4.56. The third-order valence-corrected chi connectivity index (χ3v) is 6.37. The fourth-order valence-electron chi connectivity index (χ4n) is 3.21. The lowest BCUT2D eigenvalue weighted by atomic mass is 9.95. The molecule has 0 unspecified atom stereocenters. The summed E-state index contributed by atoms with van der Waals surface area (Å²) in [5, 5.41) is 8.20. The van der Waals surface area contributed by atoms with Crippen molar-refractivity contribution in [3.05, 3.63) is 70.7 Å². The number of sulfonamides is 1. The first kappa shape index (κ1) is 20.6. The van der Waals surface area contributed by atoms with E-state index in [1.165, 1.54) is 12.1 Å². The molecule has 4 rings (SSSR count). The molecule has 3 aromatic rings. The van der Waals surface area contributed by atoms with Gasteiger partial charge in [-0.1, -0.05) is 34.1 Å². The van der Waals surface area contributed by atoms with Crippen LogP contribution in [0.15, 0.2) is 70.0 Å². The van der Waals surface area contributed by atoms with Crippen LogP contribution in [-0.4, -0.2) is 20.4 Å². The van der Waals surface area contributed by atoms with E-state index in [9.17, 15) is 13.2 Å². The van der Waals surface area contributed by atoms with E-state index in [0.29, 0.717) is 11.3 Å². The molecule has 1 saturated carbocycles. The summed E-state index contributed by atoms with van der Waals surface area (Å²) in [4.78, 5) is 12.8. The van der Waals surface area contributed by atoms with Crippen molar-refractivity contribution >= 4 is 37.5 Å². The number of carbonyl (C=O) groups is 1. The first-order chi connectivity index (χ1) is 14.2. The van der Waals surface area contributed by atoms with Gasteiger partial charge in [-0.15, -0.1) is 0 Å². The Morgan fingerprint density at radius 2 is 1.60 bits per heavy atom. The van der Waals surface area contributed by atoms with Crippen molar-refractivity contribution in [3.8, 4) is 22.3 Å². The average Bonchev–Trinajstić information content (AvgIpc) is 3.51. The minimum atomic E-state index is -3.78. The quantitative estimate of drug-likeness (QED) is 0.475. The molecule has 0 spiro atoms. The molecule has 0 atom stereocenters. The molecule has 154 valence electrons. The molecule has 0 aromatic heterocycles. The molecule has 0 bridgehead atoms. The zero-order valence-electron chi connectivity index (χ0n) is 15.9. The van der Waals surface area contributed by atoms with Gasteiger partial charge in [0.1, 0.15) is 0 Å². The van der Waals surface area contributed by atoms with E-state index in [4.69, 9.17) is 10.9 Å². The van der Waals surface area contributed by atoms with E-state index in [0.717, 1.165) is 39.6 Å². The van der Waals surface area contributed by atoms with Gasteiger partial charge < -0.3 is 11.1 Å². The van der Waals surface area contributed by atoms with E-state index in [-0.39, 0.29) is 16.8 Å². The molecular formula is C22H20BrN3O3S. The number of carbonyl (C=O) groups excluding carboxylic acids is 1. The second-order valence-corrected chi connectivity index (χ2v) is 9.82. The molecule has 1 amide bonds. The highest BCUT2D eigenvalue weighted by Crippen LogP contribution is 2.33. The van der Waals surface area contributed by atoms with Crippen molar-refractivity contribution in [2.45, 2.75) is 23.8 Å². The van der Waals surface area contributed by atoms with Crippen LogP contribution in [0.1, 0.15) is 23.2 Å². The minimum Gasteiger partial charge on any atom is -0.398 e. The Kier molecular flexibility index (Phi) is 5.40. The Morgan fingerprint density at radius 3 is 2.20 bits per heavy atom. The Balaban J connectivity index is 1.81. The normalized spacial score (nSPS) is 13.8. The summed E-state index contributed by atoms with van der Waals surface area (Å²) in [5.74, 6) is -0.141. The van der Waals surface area contributed by atoms with E-state index >= 15 is 0 Å². The number of hydrogen-bond donors (Lipinski definition) is 3. The zero-order valence-corrected chi connectivity index (χ0v) is 18.3. The number of halogens is 1. The predicted octanol–water partition coefficient (Wildman–Crippen LogP) is 3.90. The number of anilines is 1. The minimum absolute atomic E-state index is 0.0336. The van der Waals surface area contributed by atoms with Crippen LogP contribution >= 0.6 is 15.9 Å². The molecule has 8 heteroatoms. The topological polar surface area (TPSA) is 115 Å². The fourth-order valence-corrected chi connectivity index (χ4v) is 4.11. The largest absolute Gasteiger partial charge is 0.398 e. The Bertz CT molecular complexity index is 1240. The number of hydrogen-bond acceptors (Lipinski definition) is 4. The Hall–Kier alpha value is -2.68. The van der Waals surface area contributed by atoms with Gasteiger partial charge in [0.15, 0.2) is 0 Å². The molecule has 0 aliphatic heterocycles. The summed E-state index contributed by atoms with van der Waals surface area (Å²) >= 11 is 3.41. The fraction of sp³-hybridized carbons (Fsp3) is 0.136. The number of nitrogens with two attached hydrogens (primary N) is 2. The Morgan fingerprint density at radius 1 is 0.933 bits per heavy atom. The van der Waals surface area contributed by atoms with Crippen molar-refractivity contribution in [2.75, 3.05) is 5.73 Å². The first-order valence-electron chi connectivity index (χ1n) is 9.35. The van der Waals surface area contributed by atoms with Gasteiger partial charge in [-0.3, -0.25) is 4.79 Å². The number of nitrogen functional groups attached to an aromatic ring is 1. The SMILES string of the molecule is Nc1cc(Br)ccc1-c1cc(C(=O)NC2CC2)cc(-c2ccc(S(N)(=O)=O)cc2)c1. The van der Waals surface area contributed by atoms with Gasteiger partial charge in [0.25, 0.3) is 5.91 Å². The van der Waals surface area contributed by atoms with Crippen molar-refractivity contribution in [1.29, 1.82) is 0 Å². The zero-order chi connectivity index (χ0) is 21.5. The van der Waals surface area contributed by atoms with E-state index in [2.05, 4.69) is 21.2 Å². The van der Waals surface area contributed by atoms with Gasteiger partial charge in [-0.25, -0.2) is 13.6 Å². The van der Waals surface area contributed by atoms with Gasteiger partial charge in [0.05, 0.1) is 4.90 Å². The van der Waals surface area contributed by atoms with Gasteiger partial charge in [0, 0.05) is 27.3 Å². The second kappa shape index (κ2) is 7.86. The van der Waals surface area contributed by atoms with Crippen molar-refractivity contribution < 1.29 is 13.2 Å². The summed E-state index contributed by atoms with van der Waals surface area (Å²) in [6, 6.07) is 17.6. The predicted molar refractivity (Wildman–Crippen MR) is 121 cm³/mol. The maximum atomic E-state index is 12.7. The number of amides is 1. The van der Waals surface area contributed by atoms with Crippen LogP contribution in [0, 0.1) is 0 Å². The molecule has 6 nitrogen and oxygen atoms in total. The molecule has 0 radical (unpaired) electrons. The van der Waals surface area contributed by atoms with Crippen LogP contribution in [-0.2, 0) is 10.0 Å². The molecule has 1 fully saturated rings. The van der Waals surface area contributed by atoms with Crippen LogP contribution in [0.25, 0.3) is 22.3 Å². The smallest absolute Gasteiger partial charge is 0.251 e. The summed E-state index contributed by atoms with van der Waals surface area (Å²) in [6.45, 7) is 0. The monoisotopic (exact) mass is 485 g/mol. The highest BCUT2D eigenvalue weighted by Gasteiger charge is 2.24.